The Morgan fingerprint density at radius 2 is 1.79 bits per heavy atom. The highest BCUT2D eigenvalue weighted by molar-refractivity contribution is 8.18. The Morgan fingerprint density at radius 3 is 2.62 bits per heavy atom. The summed E-state index contributed by atoms with van der Waals surface area (Å²) in [6, 6.07) is 27.7. The number of carbonyl (C=O) groups is 1. The SMILES string of the molecule is Cc1ccc(N=C2NC(=O)/C(=C/c3ccc(OCc4cccc5ccccc45)c(Cl)c3)S2)cc1. The lowest BCUT2D eigenvalue weighted by Gasteiger charge is -2.11. The Morgan fingerprint density at radius 1 is 1.00 bits per heavy atom. The minimum absolute atomic E-state index is 0.178. The van der Waals surface area contributed by atoms with Crippen LogP contribution in [0.25, 0.3) is 16.8 Å². The van der Waals surface area contributed by atoms with Crippen molar-refractivity contribution in [3.8, 4) is 5.75 Å². The van der Waals surface area contributed by atoms with Gasteiger partial charge < -0.3 is 10.1 Å². The Hall–Kier alpha value is -3.54. The molecule has 1 aliphatic rings. The molecule has 0 bridgehead atoms. The first-order valence-electron chi connectivity index (χ1n) is 10.8. The third-order valence-corrected chi connectivity index (χ3v) is 6.64. The van der Waals surface area contributed by atoms with E-state index in [4.69, 9.17) is 16.3 Å². The molecule has 0 radical (unpaired) electrons. The van der Waals surface area contributed by atoms with Gasteiger partial charge in [0.15, 0.2) is 5.17 Å². The minimum atomic E-state index is -0.178. The van der Waals surface area contributed by atoms with E-state index < -0.39 is 0 Å². The van der Waals surface area contributed by atoms with Crippen molar-refractivity contribution in [1.82, 2.24) is 5.32 Å². The third kappa shape index (κ3) is 5.01. The Kier molecular flexibility index (Phi) is 6.39. The van der Waals surface area contributed by atoms with Gasteiger partial charge >= 0.3 is 0 Å². The summed E-state index contributed by atoms with van der Waals surface area (Å²) >= 11 is 7.81. The second kappa shape index (κ2) is 9.75. The number of ether oxygens (including phenoxy) is 1. The molecule has 1 aliphatic heterocycles. The summed E-state index contributed by atoms with van der Waals surface area (Å²) in [5, 5.41) is 6.20. The van der Waals surface area contributed by atoms with Crippen LogP contribution in [0.3, 0.4) is 0 Å². The average Bonchev–Trinajstić information content (AvgIpc) is 3.18. The molecule has 1 N–H and O–H groups in total. The molecule has 34 heavy (non-hydrogen) atoms. The van der Waals surface area contributed by atoms with E-state index in [1.807, 2.05) is 61.5 Å². The van der Waals surface area contributed by atoms with Crippen molar-refractivity contribution in [3.05, 3.63) is 112 Å². The lowest BCUT2D eigenvalue weighted by molar-refractivity contribution is -0.115. The summed E-state index contributed by atoms with van der Waals surface area (Å²) in [7, 11) is 0. The van der Waals surface area contributed by atoms with Crippen molar-refractivity contribution in [2.75, 3.05) is 0 Å². The molecule has 4 nitrogen and oxygen atoms in total. The molecule has 0 saturated carbocycles. The van der Waals surface area contributed by atoms with Gasteiger partial charge in [-0.2, -0.15) is 0 Å². The summed E-state index contributed by atoms with van der Waals surface area (Å²) in [6.07, 6.45) is 1.80. The number of amidine groups is 1. The normalized spacial score (nSPS) is 15.8. The van der Waals surface area contributed by atoms with Crippen LogP contribution in [0, 0.1) is 6.92 Å². The second-order valence-corrected chi connectivity index (χ2v) is 9.37. The molecule has 0 aliphatic carbocycles. The fraction of sp³-hybridized carbons (Fsp3) is 0.0714. The topological polar surface area (TPSA) is 50.7 Å². The number of carbonyl (C=O) groups excluding carboxylic acids is 1. The molecule has 1 heterocycles. The van der Waals surface area contributed by atoms with Crippen LogP contribution in [-0.2, 0) is 11.4 Å². The average molecular weight is 485 g/mol. The van der Waals surface area contributed by atoms with E-state index in [1.165, 1.54) is 17.1 Å². The quantitative estimate of drug-likeness (QED) is 0.303. The largest absolute Gasteiger partial charge is 0.487 e. The predicted molar refractivity (Wildman–Crippen MR) is 142 cm³/mol. The van der Waals surface area contributed by atoms with Crippen molar-refractivity contribution in [3.63, 3.8) is 0 Å². The summed E-state index contributed by atoms with van der Waals surface area (Å²) < 4.78 is 6.01. The van der Waals surface area contributed by atoms with Gasteiger partial charge in [0.05, 0.1) is 15.6 Å². The third-order valence-electron chi connectivity index (χ3n) is 5.43. The first-order valence-corrected chi connectivity index (χ1v) is 12.0. The smallest absolute Gasteiger partial charge is 0.264 e. The van der Waals surface area contributed by atoms with Gasteiger partial charge in [-0.05, 0) is 70.9 Å². The Labute approximate surface area is 207 Å². The van der Waals surface area contributed by atoms with Crippen molar-refractivity contribution in [2.24, 2.45) is 4.99 Å². The highest BCUT2D eigenvalue weighted by Crippen LogP contribution is 2.32. The van der Waals surface area contributed by atoms with Gasteiger partial charge in [-0.3, -0.25) is 4.79 Å². The lowest BCUT2D eigenvalue weighted by atomic mass is 10.1. The van der Waals surface area contributed by atoms with Crippen molar-refractivity contribution >= 4 is 57.0 Å². The number of aryl methyl sites for hydroxylation is 1. The van der Waals surface area contributed by atoms with Crippen molar-refractivity contribution in [2.45, 2.75) is 13.5 Å². The van der Waals surface area contributed by atoms with Crippen LogP contribution in [0.2, 0.25) is 5.02 Å². The van der Waals surface area contributed by atoms with Crippen LogP contribution in [0.1, 0.15) is 16.7 Å². The van der Waals surface area contributed by atoms with Crippen molar-refractivity contribution in [1.29, 1.82) is 0 Å². The van der Waals surface area contributed by atoms with Crippen LogP contribution in [0.4, 0.5) is 5.69 Å². The summed E-state index contributed by atoms with van der Waals surface area (Å²) in [4.78, 5) is 17.5. The number of rotatable bonds is 5. The molecular formula is C28H21ClN2O2S. The van der Waals surface area contributed by atoms with E-state index in [1.54, 1.807) is 12.1 Å². The number of aliphatic imine (C=N–C) groups is 1. The van der Waals surface area contributed by atoms with E-state index >= 15 is 0 Å². The molecule has 0 spiro atoms. The van der Waals surface area contributed by atoms with Crippen LogP contribution < -0.4 is 10.1 Å². The van der Waals surface area contributed by atoms with E-state index in [-0.39, 0.29) is 5.91 Å². The Bertz CT molecular complexity index is 1440. The van der Waals surface area contributed by atoms with E-state index in [9.17, 15) is 4.79 Å². The standard InChI is InChI=1S/C28H21ClN2O2S/c1-18-9-12-22(13-10-18)30-28-31-27(32)26(34-28)16-19-11-14-25(24(29)15-19)33-17-21-7-4-6-20-5-2-3-8-23(20)21/h2-16H,17H2,1H3,(H,30,31,32)/b26-16-. The number of hydrogen-bond acceptors (Lipinski definition) is 4. The predicted octanol–water partition coefficient (Wildman–Crippen LogP) is 7.27. The molecule has 4 aromatic rings. The zero-order valence-electron chi connectivity index (χ0n) is 18.4. The van der Waals surface area contributed by atoms with Crippen LogP contribution in [-0.4, -0.2) is 11.1 Å². The highest BCUT2D eigenvalue weighted by Gasteiger charge is 2.24. The number of amides is 1. The molecule has 5 rings (SSSR count). The number of benzene rings is 4. The Balaban J connectivity index is 1.29. The molecule has 168 valence electrons. The summed E-state index contributed by atoms with van der Waals surface area (Å²) in [6.45, 7) is 2.44. The molecular weight excluding hydrogens is 464 g/mol. The van der Waals surface area contributed by atoms with Gasteiger partial charge in [-0.15, -0.1) is 0 Å². The van der Waals surface area contributed by atoms with Crippen LogP contribution >= 0.6 is 23.4 Å². The number of nitrogens with one attached hydrogen (secondary N) is 1. The molecule has 0 atom stereocenters. The van der Waals surface area contributed by atoms with E-state index in [0.29, 0.717) is 27.5 Å². The summed E-state index contributed by atoms with van der Waals surface area (Å²) in [5.74, 6) is 0.421. The van der Waals surface area contributed by atoms with E-state index in [0.717, 1.165) is 27.8 Å². The van der Waals surface area contributed by atoms with Crippen LogP contribution in [0.15, 0.2) is 94.8 Å². The van der Waals surface area contributed by atoms with Crippen molar-refractivity contribution < 1.29 is 9.53 Å². The maximum atomic E-state index is 12.4. The van der Waals surface area contributed by atoms with Gasteiger partial charge in [-0.25, -0.2) is 4.99 Å². The van der Waals surface area contributed by atoms with Gasteiger partial charge in [0.2, 0.25) is 0 Å². The number of hydrogen-bond donors (Lipinski definition) is 1. The number of thioether (sulfide) groups is 1. The van der Waals surface area contributed by atoms with Gasteiger partial charge in [0.1, 0.15) is 12.4 Å². The first-order chi connectivity index (χ1) is 16.5. The fourth-order valence-electron chi connectivity index (χ4n) is 3.67. The molecule has 1 amide bonds. The maximum absolute atomic E-state index is 12.4. The molecule has 0 aromatic heterocycles. The fourth-order valence-corrected chi connectivity index (χ4v) is 4.75. The molecule has 6 heteroatoms. The zero-order chi connectivity index (χ0) is 23.5. The number of fused-ring (bicyclic) bond motifs is 1. The minimum Gasteiger partial charge on any atom is -0.487 e. The molecule has 1 fully saturated rings. The van der Waals surface area contributed by atoms with Gasteiger partial charge in [0.25, 0.3) is 5.91 Å². The molecule has 0 unspecified atom stereocenters. The molecule has 1 saturated heterocycles. The lowest BCUT2D eigenvalue weighted by Crippen LogP contribution is -2.19. The molecule has 4 aromatic carbocycles. The van der Waals surface area contributed by atoms with Gasteiger partial charge in [0, 0.05) is 0 Å². The van der Waals surface area contributed by atoms with E-state index in [2.05, 4.69) is 34.6 Å². The highest BCUT2D eigenvalue weighted by atomic mass is 35.5. The number of nitrogens with zero attached hydrogens (tertiary/aromatic N) is 1. The van der Waals surface area contributed by atoms with Crippen LogP contribution in [0.5, 0.6) is 5.75 Å². The van der Waals surface area contributed by atoms with Gasteiger partial charge in [-0.1, -0.05) is 77.8 Å². The second-order valence-electron chi connectivity index (χ2n) is 7.93. The summed E-state index contributed by atoms with van der Waals surface area (Å²) in [5.41, 5.74) is 3.87. The monoisotopic (exact) mass is 484 g/mol. The first kappa shape index (κ1) is 22.3. The zero-order valence-corrected chi connectivity index (χ0v) is 20.0. The maximum Gasteiger partial charge on any atom is 0.264 e. The number of halogens is 1.